The van der Waals surface area contributed by atoms with Crippen molar-refractivity contribution >= 4 is 11.8 Å². The monoisotopic (exact) mass is 256 g/mol. The largest absolute Gasteiger partial charge is 0.273 e. The van der Waals surface area contributed by atoms with Gasteiger partial charge in [-0.2, -0.15) is 0 Å². The van der Waals surface area contributed by atoms with Crippen LogP contribution in [0.15, 0.2) is 0 Å². The molecule has 0 radical (unpaired) electrons. The van der Waals surface area contributed by atoms with Gasteiger partial charge in [0.1, 0.15) is 0 Å². The lowest BCUT2D eigenvalue weighted by Crippen LogP contribution is -2.42. The number of amides is 2. The van der Waals surface area contributed by atoms with Crippen LogP contribution in [0.5, 0.6) is 0 Å². The topological polar surface area (TPSA) is 58.2 Å². The van der Waals surface area contributed by atoms with Crippen LogP contribution in [0.3, 0.4) is 0 Å². The highest BCUT2D eigenvalue weighted by atomic mass is 16.2. The van der Waals surface area contributed by atoms with E-state index in [1.165, 1.54) is 0 Å². The number of hydrogen-bond acceptors (Lipinski definition) is 2. The van der Waals surface area contributed by atoms with Gasteiger partial charge in [-0.3, -0.25) is 20.4 Å². The van der Waals surface area contributed by atoms with Crippen molar-refractivity contribution in [2.24, 2.45) is 10.8 Å². The molecule has 106 valence electrons. The molecule has 0 saturated heterocycles. The third-order valence-corrected chi connectivity index (χ3v) is 2.55. The van der Waals surface area contributed by atoms with E-state index in [4.69, 9.17) is 0 Å². The molecule has 0 aliphatic carbocycles. The van der Waals surface area contributed by atoms with Crippen LogP contribution < -0.4 is 10.9 Å². The maximum atomic E-state index is 11.5. The lowest BCUT2D eigenvalue weighted by Gasteiger charge is -2.18. The van der Waals surface area contributed by atoms with Crippen LogP contribution in [-0.4, -0.2) is 11.8 Å². The second-order valence-electron chi connectivity index (χ2n) is 7.22. The van der Waals surface area contributed by atoms with Crippen LogP contribution in [0.25, 0.3) is 0 Å². The normalized spacial score (nSPS) is 12.1. The zero-order valence-corrected chi connectivity index (χ0v) is 12.6. The average Bonchev–Trinajstić information content (AvgIpc) is 2.18. The molecule has 0 aromatic rings. The number of rotatable bonds is 4. The molecule has 4 nitrogen and oxygen atoms in total. The molecule has 0 spiro atoms. The van der Waals surface area contributed by atoms with E-state index >= 15 is 0 Å². The molecule has 0 aromatic carbocycles. The summed E-state index contributed by atoms with van der Waals surface area (Å²) in [6.07, 6.45) is 2.47. The van der Waals surface area contributed by atoms with Gasteiger partial charge in [0, 0.05) is 12.8 Å². The van der Waals surface area contributed by atoms with Gasteiger partial charge in [0.25, 0.3) is 0 Å². The van der Waals surface area contributed by atoms with Crippen molar-refractivity contribution in [1.29, 1.82) is 0 Å². The first-order valence-electron chi connectivity index (χ1n) is 6.57. The molecule has 18 heavy (non-hydrogen) atoms. The quantitative estimate of drug-likeness (QED) is 0.760. The Morgan fingerprint density at radius 3 is 1.22 bits per heavy atom. The van der Waals surface area contributed by atoms with Crippen LogP contribution in [-0.2, 0) is 9.59 Å². The molecule has 0 unspecified atom stereocenters. The number of hydrogen-bond donors (Lipinski definition) is 2. The van der Waals surface area contributed by atoms with Crippen molar-refractivity contribution in [2.45, 2.75) is 67.2 Å². The van der Waals surface area contributed by atoms with Crippen LogP contribution in [0.4, 0.5) is 0 Å². The van der Waals surface area contributed by atoms with Gasteiger partial charge in [-0.15, -0.1) is 0 Å². The summed E-state index contributed by atoms with van der Waals surface area (Å²) < 4.78 is 0. The zero-order chi connectivity index (χ0) is 14.4. The highest BCUT2D eigenvalue weighted by molar-refractivity contribution is 5.81. The molecule has 2 amide bonds. The predicted molar refractivity (Wildman–Crippen MR) is 73.7 cm³/mol. The first-order chi connectivity index (χ1) is 7.99. The molecule has 4 heteroatoms. The number of nitrogens with one attached hydrogen (secondary N) is 2. The summed E-state index contributed by atoms with van der Waals surface area (Å²) >= 11 is 0. The maximum absolute atomic E-state index is 11.5. The maximum Gasteiger partial charge on any atom is 0.238 e. The van der Waals surface area contributed by atoms with Crippen LogP contribution in [0.2, 0.25) is 0 Å². The van der Waals surface area contributed by atoms with Crippen molar-refractivity contribution < 1.29 is 9.59 Å². The Bertz CT molecular complexity index is 255. The van der Waals surface area contributed by atoms with Crippen molar-refractivity contribution in [1.82, 2.24) is 10.9 Å². The minimum atomic E-state index is -0.131. The van der Waals surface area contributed by atoms with Crippen molar-refractivity contribution in [3.63, 3.8) is 0 Å². The fourth-order valence-electron chi connectivity index (χ4n) is 1.24. The second kappa shape index (κ2) is 6.76. The minimum absolute atomic E-state index is 0.131. The molecule has 0 fully saturated rings. The molecule has 0 bridgehead atoms. The van der Waals surface area contributed by atoms with Gasteiger partial charge in [-0.25, -0.2) is 0 Å². The van der Waals surface area contributed by atoms with Gasteiger partial charge < -0.3 is 0 Å². The summed E-state index contributed by atoms with van der Waals surface area (Å²) in [5.41, 5.74) is 5.17. The Morgan fingerprint density at radius 1 is 0.722 bits per heavy atom. The van der Waals surface area contributed by atoms with Crippen LogP contribution in [0, 0.1) is 10.8 Å². The summed E-state index contributed by atoms with van der Waals surface area (Å²) in [6.45, 7) is 12.5. The van der Waals surface area contributed by atoms with Gasteiger partial charge in [0.05, 0.1) is 0 Å². The molecule has 0 heterocycles. The summed E-state index contributed by atoms with van der Waals surface area (Å²) in [5, 5.41) is 0. The van der Waals surface area contributed by atoms with Gasteiger partial charge in [-0.05, 0) is 23.7 Å². The molecule has 0 rings (SSSR count). The van der Waals surface area contributed by atoms with Gasteiger partial charge >= 0.3 is 0 Å². The Kier molecular flexibility index (Phi) is 6.36. The summed E-state index contributed by atoms with van der Waals surface area (Å²) in [6, 6.07) is 0. The fraction of sp³-hybridized carbons (Fsp3) is 0.857. The average molecular weight is 256 g/mol. The van der Waals surface area contributed by atoms with Crippen LogP contribution in [0.1, 0.15) is 67.2 Å². The van der Waals surface area contributed by atoms with Gasteiger partial charge in [-0.1, -0.05) is 41.5 Å². The first kappa shape index (κ1) is 16.9. The third-order valence-electron chi connectivity index (χ3n) is 2.55. The molecule has 0 atom stereocenters. The minimum Gasteiger partial charge on any atom is -0.273 e. The first-order valence-corrected chi connectivity index (χ1v) is 6.57. The van der Waals surface area contributed by atoms with E-state index in [1.807, 2.05) is 0 Å². The number of carbonyl (C=O) groups is 2. The summed E-state index contributed by atoms with van der Waals surface area (Å²) in [4.78, 5) is 22.9. The molecule has 2 N–H and O–H groups in total. The molecule has 0 aliphatic heterocycles. The van der Waals surface area contributed by atoms with E-state index in [2.05, 4.69) is 52.4 Å². The SMILES string of the molecule is CC(C)(C)CCC(=O)NNC(=O)CCC(C)(C)C. The lowest BCUT2D eigenvalue weighted by atomic mass is 9.90. The second-order valence-corrected chi connectivity index (χ2v) is 7.22. The smallest absolute Gasteiger partial charge is 0.238 e. The van der Waals surface area contributed by atoms with E-state index in [0.717, 1.165) is 12.8 Å². The standard InChI is InChI=1S/C14H28N2O2/c1-13(2,3)9-7-11(17)15-16-12(18)8-10-14(4,5)6/h7-10H2,1-6H3,(H,15,17)(H,16,18). The Morgan fingerprint density at radius 2 is 1.00 bits per heavy atom. The molecule has 0 saturated carbocycles. The van der Waals surface area contributed by atoms with Gasteiger partial charge in [0.2, 0.25) is 11.8 Å². The van der Waals surface area contributed by atoms with Gasteiger partial charge in [0.15, 0.2) is 0 Å². The van der Waals surface area contributed by atoms with E-state index < -0.39 is 0 Å². The van der Waals surface area contributed by atoms with Crippen LogP contribution >= 0.6 is 0 Å². The molecule has 0 aliphatic rings. The number of carbonyl (C=O) groups excluding carboxylic acids is 2. The predicted octanol–water partition coefficient (Wildman–Crippen LogP) is 2.79. The highest BCUT2D eigenvalue weighted by Crippen LogP contribution is 2.20. The summed E-state index contributed by atoms with van der Waals surface area (Å²) in [5.74, 6) is -0.261. The van der Waals surface area contributed by atoms with E-state index in [-0.39, 0.29) is 22.6 Å². The summed E-state index contributed by atoms with van der Waals surface area (Å²) in [7, 11) is 0. The van der Waals surface area contributed by atoms with Crippen molar-refractivity contribution in [2.75, 3.05) is 0 Å². The van der Waals surface area contributed by atoms with E-state index in [9.17, 15) is 9.59 Å². The Hall–Kier alpha value is -1.06. The van der Waals surface area contributed by atoms with E-state index in [0.29, 0.717) is 12.8 Å². The Labute approximate surface area is 111 Å². The number of hydrazine groups is 1. The van der Waals surface area contributed by atoms with Crippen molar-refractivity contribution in [3.8, 4) is 0 Å². The lowest BCUT2D eigenvalue weighted by molar-refractivity contribution is -0.129. The third kappa shape index (κ3) is 11.4. The molecular weight excluding hydrogens is 228 g/mol. The zero-order valence-electron chi connectivity index (χ0n) is 12.6. The molecule has 0 aromatic heterocycles. The molecular formula is C14H28N2O2. The van der Waals surface area contributed by atoms with E-state index in [1.54, 1.807) is 0 Å². The Balaban J connectivity index is 3.76. The van der Waals surface area contributed by atoms with Crippen molar-refractivity contribution in [3.05, 3.63) is 0 Å². The highest BCUT2D eigenvalue weighted by Gasteiger charge is 2.15. The fourth-order valence-corrected chi connectivity index (χ4v) is 1.24.